The molecule has 2 nitrogen and oxygen atoms in total. The lowest BCUT2D eigenvalue weighted by atomic mass is 10.1. The van der Waals surface area contributed by atoms with Gasteiger partial charge in [-0.2, -0.15) is 0 Å². The molecule has 1 N–H and O–H groups in total. The van der Waals surface area contributed by atoms with E-state index in [9.17, 15) is 5.11 Å². The molecule has 0 aliphatic carbocycles. The number of ether oxygens (including phenoxy) is 1. The minimum atomic E-state index is -0.286. The van der Waals surface area contributed by atoms with E-state index in [0.717, 1.165) is 12.8 Å². The number of aliphatic hydroxyl groups excluding tert-OH is 1. The Morgan fingerprint density at radius 1 is 1.36 bits per heavy atom. The monoisotopic (exact) mass is 160 g/mol. The van der Waals surface area contributed by atoms with Crippen LogP contribution in [0.3, 0.4) is 0 Å². The van der Waals surface area contributed by atoms with Crippen LogP contribution in [0.1, 0.15) is 39.5 Å². The lowest BCUT2D eigenvalue weighted by molar-refractivity contribution is -0.00526. The van der Waals surface area contributed by atoms with E-state index >= 15 is 0 Å². The van der Waals surface area contributed by atoms with Crippen molar-refractivity contribution in [1.82, 2.24) is 0 Å². The second-order valence-corrected chi connectivity index (χ2v) is 3.00. The van der Waals surface area contributed by atoms with Crippen LogP contribution in [0.2, 0.25) is 0 Å². The van der Waals surface area contributed by atoms with Crippen LogP contribution in [0.5, 0.6) is 0 Å². The van der Waals surface area contributed by atoms with Gasteiger partial charge < -0.3 is 9.84 Å². The third-order valence-corrected chi connectivity index (χ3v) is 2.02. The zero-order chi connectivity index (χ0) is 8.69. The van der Waals surface area contributed by atoms with E-state index in [-0.39, 0.29) is 12.2 Å². The van der Waals surface area contributed by atoms with E-state index in [1.54, 1.807) is 7.11 Å². The number of hydrogen-bond donors (Lipinski definition) is 1. The first-order valence-electron chi connectivity index (χ1n) is 4.43. The molecule has 0 aliphatic heterocycles. The Hall–Kier alpha value is -0.0800. The summed E-state index contributed by atoms with van der Waals surface area (Å²) in [6.45, 7) is 4.06. The summed E-state index contributed by atoms with van der Waals surface area (Å²) in [5.74, 6) is 0. The highest BCUT2D eigenvalue weighted by Crippen LogP contribution is 2.07. The smallest absolute Gasteiger partial charge is 0.0802 e. The van der Waals surface area contributed by atoms with E-state index < -0.39 is 0 Å². The average Bonchev–Trinajstić information content (AvgIpc) is 2.03. The summed E-state index contributed by atoms with van der Waals surface area (Å²) in [5, 5.41) is 9.42. The van der Waals surface area contributed by atoms with Gasteiger partial charge in [-0.15, -0.1) is 0 Å². The molecule has 2 unspecified atom stereocenters. The molecule has 0 saturated heterocycles. The van der Waals surface area contributed by atoms with E-state index in [1.165, 1.54) is 12.8 Å². The summed E-state index contributed by atoms with van der Waals surface area (Å²) >= 11 is 0. The number of hydrogen-bond acceptors (Lipinski definition) is 2. The first-order chi connectivity index (χ1) is 5.22. The van der Waals surface area contributed by atoms with Crippen LogP contribution >= 0.6 is 0 Å². The summed E-state index contributed by atoms with van der Waals surface area (Å²) in [7, 11) is 1.63. The van der Waals surface area contributed by atoms with Crippen molar-refractivity contribution in [2.45, 2.75) is 51.7 Å². The topological polar surface area (TPSA) is 29.5 Å². The van der Waals surface area contributed by atoms with Crippen molar-refractivity contribution in [3.8, 4) is 0 Å². The van der Waals surface area contributed by atoms with Crippen molar-refractivity contribution in [2.24, 2.45) is 0 Å². The van der Waals surface area contributed by atoms with Gasteiger partial charge in [0.2, 0.25) is 0 Å². The summed E-state index contributed by atoms with van der Waals surface area (Å²) < 4.78 is 4.99. The van der Waals surface area contributed by atoms with Gasteiger partial charge in [-0.1, -0.05) is 26.2 Å². The summed E-state index contributed by atoms with van der Waals surface area (Å²) in [4.78, 5) is 0. The van der Waals surface area contributed by atoms with Crippen LogP contribution in [0.25, 0.3) is 0 Å². The molecule has 68 valence electrons. The largest absolute Gasteiger partial charge is 0.390 e. The number of methoxy groups -OCH3 is 1. The van der Waals surface area contributed by atoms with Gasteiger partial charge in [-0.25, -0.2) is 0 Å². The molecule has 0 heterocycles. The summed E-state index contributed by atoms with van der Waals surface area (Å²) in [6.07, 6.45) is 4.06. The molecule has 0 rings (SSSR count). The molecular weight excluding hydrogens is 140 g/mol. The average molecular weight is 160 g/mol. The molecule has 11 heavy (non-hydrogen) atoms. The van der Waals surface area contributed by atoms with Crippen LogP contribution < -0.4 is 0 Å². The minimum Gasteiger partial charge on any atom is -0.390 e. The molecule has 0 radical (unpaired) electrons. The molecule has 0 aromatic heterocycles. The van der Waals surface area contributed by atoms with Crippen molar-refractivity contribution in [3.63, 3.8) is 0 Å². The van der Waals surface area contributed by atoms with Gasteiger partial charge in [0, 0.05) is 7.11 Å². The Labute approximate surface area is 69.6 Å². The zero-order valence-electron chi connectivity index (χ0n) is 7.84. The summed E-state index contributed by atoms with van der Waals surface area (Å²) in [5.41, 5.74) is 0. The molecule has 0 bridgehead atoms. The van der Waals surface area contributed by atoms with E-state index in [2.05, 4.69) is 6.92 Å². The van der Waals surface area contributed by atoms with Crippen molar-refractivity contribution in [1.29, 1.82) is 0 Å². The Bertz CT molecular complexity index is 83.6. The molecule has 0 amide bonds. The van der Waals surface area contributed by atoms with E-state index in [1.807, 2.05) is 6.92 Å². The third kappa shape index (κ3) is 5.22. The van der Waals surface area contributed by atoms with Crippen LogP contribution in [-0.2, 0) is 4.74 Å². The van der Waals surface area contributed by atoms with E-state index in [4.69, 9.17) is 4.74 Å². The third-order valence-electron chi connectivity index (χ3n) is 2.02. The molecule has 0 fully saturated rings. The van der Waals surface area contributed by atoms with Crippen LogP contribution in [0.4, 0.5) is 0 Å². The Morgan fingerprint density at radius 2 is 2.00 bits per heavy atom. The predicted octanol–water partition coefficient (Wildman–Crippen LogP) is 1.96. The van der Waals surface area contributed by atoms with E-state index in [0.29, 0.717) is 0 Å². The highest BCUT2D eigenvalue weighted by atomic mass is 16.5. The lowest BCUT2D eigenvalue weighted by Gasteiger charge is -2.16. The number of rotatable bonds is 6. The molecule has 2 atom stereocenters. The maximum atomic E-state index is 9.42. The van der Waals surface area contributed by atoms with Crippen LogP contribution in [-0.4, -0.2) is 24.4 Å². The number of aliphatic hydroxyl groups is 1. The fraction of sp³-hybridized carbons (Fsp3) is 1.00. The van der Waals surface area contributed by atoms with Gasteiger partial charge in [0.05, 0.1) is 12.2 Å². The highest BCUT2D eigenvalue weighted by molar-refractivity contribution is 4.62. The fourth-order valence-electron chi connectivity index (χ4n) is 0.995. The van der Waals surface area contributed by atoms with Gasteiger partial charge in [0.25, 0.3) is 0 Å². The second kappa shape index (κ2) is 6.62. The first kappa shape index (κ1) is 10.9. The van der Waals surface area contributed by atoms with Crippen LogP contribution in [0, 0.1) is 0 Å². The maximum Gasteiger partial charge on any atom is 0.0802 e. The standard InChI is InChI=1S/C9H20O2/c1-4-5-6-7-9(10)8(2)11-3/h8-10H,4-7H2,1-3H3. The quantitative estimate of drug-likeness (QED) is 0.602. The van der Waals surface area contributed by atoms with Crippen molar-refractivity contribution in [3.05, 3.63) is 0 Å². The first-order valence-corrected chi connectivity index (χ1v) is 4.43. The zero-order valence-corrected chi connectivity index (χ0v) is 7.84. The molecule has 2 heteroatoms. The van der Waals surface area contributed by atoms with Gasteiger partial charge in [0.1, 0.15) is 0 Å². The Kier molecular flexibility index (Phi) is 6.57. The van der Waals surface area contributed by atoms with Gasteiger partial charge in [-0.3, -0.25) is 0 Å². The van der Waals surface area contributed by atoms with Crippen LogP contribution in [0.15, 0.2) is 0 Å². The molecule has 0 aromatic rings. The van der Waals surface area contributed by atoms with Crippen molar-refractivity contribution >= 4 is 0 Å². The molecule has 0 spiro atoms. The molecular formula is C9H20O2. The second-order valence-electron chi connectivity index (χ2n) is 3.00. The van der Waals surface area contributed by atoms with Gasteiger partial charge in [-0.05, 0) is 13.3 Å². The van der Waals surface area contributed by atoms with Crippen molar-refractivity contribution in [2.75, 3.05) is 7.11 Å². The fourth-order valence-corrected chi connectivity index (χ4v) is 0.995. The Balaban J connectivity index is 3.28. The predicted molar refractivity (Wildman–Crippen MR) is 46.6 cm³/mol. The normalized spacial score (nSPS) is 16.4. The maximum absolute atomic E-state index is 9.42. The van der Waals surface area contributed by atoms with Gasteiger partial charge >= 0.3 is 0 Å². The molecule has 0 saturated carbocycles. The highest BCUT2D eigenvalue weighted by Gasteiger charge is 2.11. The summed E-state index contributed by atoms with van der Waals surface area (Å²) in [6, 6.07) is 0. The Morgan fingerprint density at radius 3 is 2.45 bits per heavy atom. The molecule has 0 aliphatic rings. The molecule has 0 aromatic carbocycles. The minimum absolute atomic E-state index is 0.0214. The lowest BCUT2D eigenvalue weighted by Crippen LogP contribution is -2.24. The SMILES string of the molecule is CCCCCC(O)C(C)OC. The van der Waals surface area contributed by atoms with Gasteiger partial charge in [0.15, 0.2) is 0 Å². The number of unbranched alkanes of at least 4 members (excludes halogenated alkanes) is 2. The van der Waals surface area contributed by atoms with Crippen molar-refractivity contribution < 1.29 is 9.84 Å².